The highest BCUT2D eigenvalue weighted by Gasteiger charge is 2.18. The van der Waals surface area contributed by atoms with Gasteiger partial charge in [-0.3, -0.25) is 0 Å². The second-order valence-corrected chi connectivity index (χ2v) is 5.35. The smallest absolute Gasteiger partial charge is 0.368 e. The zero-order valence-electron chi connectivity index (χ0n) is 11.1. The summed E-state index contributed by atoms with van der Waals surface area (Å²) < 4.78 is 28.6. The van der Waals surface area contributed by atoms with Crippen molar-refractivity contribution in [3.05, 3.63) is 38.1 Å². The third-order valence-corrected chi connectivity index (χ3v) is 3.91. The minimum absolute atomic E-state index is 0.0890. The first-order chi connectivity index (χ1) is 10.1. The fourth-order valence-electron chi connectivity index (χ4n) is 1.51. The third kappa shape index (κ3) is 2.23. The quantitative estimate of drug-likeness (QED) is 0.723. The summed E-state index contributed by atoms with van der Waals surface area (Å²) in [5, 5.41) is 10.0. The van der Waals surface area contributed by atoms with Gasteiger partial charge in [-0.2, -0.15) is 13.8 Å². The Balaban J connectivity index is 1.90. The predicted octanol–water partition coefficient (Wildman–Crippen LogP) is 1.20. The highest BCUT2D eigenvalue weighted by atomic mass is 32.1. The van der Waals surface area contributed by atoms with Crippen LogP contribution in [0.2, 0.25) is 0 Å². The Kier molecular flexibility index (Phi) is 3.01. The van der Waals surface area contributed by atoms with Crippen LogP contribution in [0.25, 0.3) is 5.69 Å². The van der Waals surface area contributed by atoms with E-state index >= 15 is 0 Å². The molecule has 0 aromatic carbocycles. The van der Waals surface area contributed by atoms with E-state index in [2.05, 4.69) is 15.4 Å². The predicted molar refractivity (Wildman–Crippen MR) is 70.9 cm³/mol. The number of halogens is 1. The first-order valence-electron chi connectivity index (χ1n) is 5.86. The molecule has 0 fully saturated rings. The molecule has 0 saturated heterocycles. The van der Waals surface area contributed by atoms with Crippen LogP contribution in [0.4, 0.5) is 4.39 Å². The van der Waals surface area contributed by atoms with E-state index in [9.17, 15) is 9.18 Å². The number of hydrogen-bond acceptors (Lipinski definition) is 7. The number of nitrogens with zero attached hydrogens (tertiary/aromatic N) is 5. The van der Waals surface area contributed by atoms with E-state index in [1.54, 1.807) is 0 Å². The normalized spacial score (nSPS) is 11.6. The van der Waals surface area contributed by atoms with Crippen LogP contribution in [0.1, 0.15) is 6.93 Å². The molecule has 0 saturated carbocycles. The summed E-state index contributed by atoms with van der Waals surface area (Å²) in [6.45, 7) is -0.110. The molecule has 0 aliphatic heterocycles. The van der Waals surface area contributed by atoms with Gasteiger partial charge in [0.25, 0.3) is 5.19 Å². The van der Waals surface area contributed by atoms with E-state index in [1.165, 1.54) is 17.8 Å². The maximum atomic E-state index is 13.9. The minimum atomic E-state index is -0.475. The zero-order chi connectivity index (χ0) is 15.0. The van der Waals surface area contributed by atoms with E-state index in [4.69, 9.17) is 6.11 Å². The molecule has 104 valence electrons. The fourth-order valence-corrected chi connectivity index (χ4v) is 2.71. The van der Waals surface area contributed by atoms with Crippen molar-refractivity contribution in [2.24, 2.45) is 7.05 Å². The van der Waals surface area contributed by atoms with Gasteiger partial charge in [-0.25, -0.2) is 9.78 Å². The number of thiophene rings is 1. The summed E-state index contributed by atoms with van der Waals surface area (Å²) in [6, 6.07) is 0. The molecule has 0 spiro atoms. The molecule has 0 bridgehead atoms. The first-order valence-corrected chi connectivity index (χ1v) is 7.12. The molecule has 0 radical (unpaired) electrons. The first kappa shape index (κ1) is 11.7. The van der Waals surface area contributed by atoms with Gasteiger partial charge in [0.05, 0.1) is 12.6 Å². The molecule has 10 heteroatoms. The van der Waals surface area contributed by atoms with Gasteiger partial charge in [0.15, 0.2) is 5.13 Å². The molecular weight excluding hydrogens is 305 g/mol. The topological polar surface area (TPSA) is 74.8 Å². The highest BCUT2D eigenvalue weighted by molar-refractivity contribution is 7.11. The Bertz CT molecular complexity index is 839. The molecule has 0 N–H and O–H groups in total. The van der Waals surface area contributed by atoms with Crippen molar-refractivity contribution < 1.29 is 10.5 Å². The molecule has 3 rings (SSSR count). The minimum Gasteiger partial charge on any atom is -0.465 e. The van der Waals surface area contributed by atoms with Crippen LogP contribution in [0.3, 0.4) is 0 Å². The monoisotopic (exact) mass is 315 g/mol. The molecule has 0 aliphatic carbocycles. The number of hydrogen-bond donors (Lipinski definition) is 0. The van der Waals surface area contributed by atoms with Crippen LogP contribution in [-0.2, 0) is 13.7 Å². The molecule has 0 amide bonds. The summed E-state index contributed by atoms with van der Waals surface area (Å²) in [5.74, 6) is 0. The summed E-state index contributed by atoms with van der Waals surface area (Å²) in [5.41, 5.74) is 0.0133. The van der Waals surface area contributed by atoms with Crippen molar-refractivity contribution in [1.29, 1.82) is 0 Å². The van der Waals surface area contributed by atoms with E-state index in [1.807, 2.05) is 0 Å². The maximum Gasteiger partial charge on any atom is 0.368 e. The second kappa shape index (κ2) is 5.13. The lowest BCUT2D eigenvalue weighted by molar-refractivity contribution is 0.299. The lowest BCUT2D eigenvalue weighted by Crippen LogP contribution is -2.22. The summed E-state index contributed by atoms with van der Waals surface area (Å²) >= 11 is 1.99. The van der Waals surface area contributed by atoms with E-state index in [-0.39, 0.29) is 23.5 Å². The number of thiazole rings is 1. The van der Waals surface area contributed by atoms with Gasteiger partial charge in [0.2, 0.25) is 0 Å². The van der Waals surface area contributed by atoms with Crippen molar-refractivity contribution in [2.75, 3.05) is 0 Å². The maximum absolute atomic E-state index is 13.9. The Hall–Kier alpha value is -2.07. The molecule has 3 aromatic rings. The van der Waals surface area contributed by atoms with Crippen molar-refractivity contribution in [2.45, 2.75) is 6.61 Å². The lowest BCUT2D eigenvalue weighted by atomic mass is 10.3. The molecular formula is C10H8FN5O2S2. The zero-order valence-corrected chi connectivity index (χ0v) is 11.7. The number of ether oxygens (including phenoxy) is 1. The summed E-state index contributed by atoms with van der Waals surface area (Å²) in [6.07, 6.45) is 0.0890. The van der Waals surface area contributed by atoms with Gasteiger partial charge in [0, 0.05) is 24.0 Å². The average molecular weight is 315 g/mol. The van der Waals surface area contributed by atoms with Crippen LogP contribution < -0.4 is 10.4 Å². The summed E-state index contributed by atoms with van der Waals surface area (Å²) in [7, 11) is 1.45. The highest BCUT2D eigenvalue weighted by Crippen LogP contribution is 2.25. The largest absolute Gasteiger partial charge is 0.465 e. The van der Waals surface area contributed by atoms with Gasteiger partial charge < -0.3 is 4.74 Å². The van der Waals surface area contributed by atoms with Gasteiger partial charge in [-0.1, -0.05) is 11.3 Å². The molecule has 0 atom stereocenters. The standard InChI is InChI=1S/C10H8FN5O2S2/c1-15-10(17)16(14-13-15)7-5-20-8(11)6(7)4-18-9-12-2-3-19-9/h2-3,5H,4H2,1H3/i2T. The van der Waals surface area contributed by atoms with Crippen LogP contribution in [0.5, 0.6) is 5.19 Å². The third-order valence-electron chi connectivity index (χ3n) is 2.48. The van der Waals surface area contributed by atoms with Gasteiger partial charge >= 0.3 is 5.69 Å². The molecule has 20 heavy (non-hydrogen) atoms. The van der Waals surface area contributed by atoms with Crippen LogP contribution in [-0.4, -0.2) is 24.8 Å². The Labute approximate surface area is 121 Å². The molecule has 3 heterocycles. The molecule has 3 aromatic heterocycles. The molecule has 0 aliphatic rings. The van der Waals surface area contributed by atoms with Crippen molar-refractivity contribution in [3.8, 4) is 10.9 Å². The average Bonchev–Trinajstić information content (AvgIpc) is 3.11. The number of aryl methyl sites for hydroxylation is 1. The van der Waals surface area contributed by atoms with E-state index < -0.39 is 10.8 Å². The number of tetrazole rings is 1. The molecule has 0 unspecified atom stereocenters. The summed E-state index contributed by atoms with van der Waals surface area (Å²) in [4.78, 5) is 15.6. The van der Waals surface area contributed by atoms with Gasteiger partial charge in [-0.05, 0) is 10.4 Å². The second-order valence-electron chi connectivity index (χ2n) is 3.70. The van der Waals surface area contributed by atoms with Crippen LogP contribution in [0.15, 0.2) is 21.7 Å². The SMILES string of the molecule is [3H]c1csc(OCc2c(-n3nnn(C)c3=O)csc2F)n1. The van der Waals surface area contributed by atoms with Crippen molar-refractivity contribution >= 4 is 22.7 Å². The van der Waals surface area contributed by atoms with E-state index in [0.717, 1.165) is 32.0 Å². The Morgan fingerprint density at radius 2 is 2.35 bits per heavy atom. The van der Waals surface area contributed by atoms with Crippen molar-refractivity contribution in [1.82, 2.24) is 24.8 Å². The molecule has 7 nitrogen and oxygen atoms in total. The van der Waals surface area contributed by atoms with Crippen LogP contribution >= 0.6 is 22.7 Å². The Morgan fingerprint density at radius 3 is 3.00 bits per heavy atom. The van der Waals surface area contributed by atoms with Gasteiger partial charge in [-0.15, -0.1) is 11.3 Å². The van der Waals surface area contributed by atoms with Gasteiger partial charge in [0.1, 0.15) is 6.61 Å². The van der Waals surface area contributed by atoms with Crippen LogP contribution in [0, 0.1) is 5.13 Å². The number of rotatable bonds is 4. The number of aromatic nitrogens is 5. The fraction of sp³-hybridized carbons (Fsp3) is 0.200. The van der Waals surface area contributed by atoms with Crippen molar-refractivity contribution in [3.63, 3.8) is 0 Å². The van der Waals surface area contributed by atoms with E-state index in [0.29, 0.717) is 5.69 Å². The lowest BCUT2D eigenvalue weighted by Gasteiger charge is -2.03. The Morgan fingerprint density at radius 1 is 1.50 bits per heavy atom.